The number of carbonyl (C=O) groups is 2. The molecule has 0 bridgehead atoms. The lowest BCUT2D eigenvalue weighted by atomic mass is 9.88. The fraction of sp³-hybridized carbons (Fsp3) is 0.571. The minimum Gasteiger partial charge on any atom is -0.395 e. The zero-order chi connectivity index (χ0) is 26.7. The number of nitrogens with one attached hydrogen (secondary N) is 1. The van der Waals surface area contributed by atoms with Gasteiger partial charge >= 0.3 is 0 Å². The number of likely N-dealkylation sites (tertiary alicyclic amines) is 1. The molecule has 0 saturated carbocycles. The summed E-state index contributed by atoms with van der Waals surface area (Å²) in [6, 6.07) is 7.86. The minimum absolute atomic E-state index is 0.000186. The number of amides is 2. The lowest BCUT2D eigenvalue weighted by molar-refractivity contribution is -0.133. The molecular formula is C28H43ClN4O3. The highest BCUT2D eigenvalue weighted by Crippen LogP contribution is 2.25. The van der Waals surface area contributed by atoms with Gasteiger partial charge in [0.2, 0.25) is 11.8 Å². The Kier molecular flexibility index (Phi) is 12.1. The molecule has 200 valence electrons. The van der Waals surface area contributed by atoms with E-state index >= 15 is 0 Å². The molecule has 1 aromatic carbocycles. The Hall–Kier alpha value is -2.19. The van der Waals surface area contributed by atoms with Crippen LogP contribution in [-0.4, -0.2) is 65.7 Å². The molecule has 8 heteroatoms. The Morgan fingerprint density at radius 2 is 2.06 bits per heavy atom. The van der Waals surface area contributed by atoms with Gasteiger partial charge in [0.1, 0.15) is 0 Å². The van der Waals surface area contributed by atoms with Gasteiger partial charge in [-0.05, 0) is 76.6 Å². The fourth-order valence-electron chi connectivity index (χ4n) is 4.38. The summed E-state index contributed by atoms with van der Waals surface area (Å²) in [6.45, 7) is 12.0. The highest BCUT2D eigenvalue weighted by atomic mass is 35.5. The van der Waals surface area contributed by atoms with Gasteiger partial charge in [-0.1, -0.05) is 48.0 Å². The number of allylic oxidation sites excluding steroid dienone is 3. The van der Waals surface area contributed by atoms with E-state index in [-0.39, 0.29) is 30.4 Å². The van der Waals surface area contributed by atoms with Gasteiger partial charge in [0.25, 0.3) is 0 Å². The van der Waals surface area contributed by atoms with Crippen LogP contribution >= 0.6 is 11.6 Å². The van der Waals surface area contributed by atoms with E-state index in [0.717, 1.165) is 36.9 Å². The minimum atomic E-state index is -0.800. The number of aliphatic hydroxyl groups is 1. The Bertz CT molecular complexity index is 901. The second kappa shape index (κ2) is 14.5. The molecule has 36 heavy (non-hydrogen) atoms. The van der Waals surface area contributed by atoms with Crippen LogP contribution in [0.5, 0.6) is 0 Å². The summed E-state index contributed by atoms with van der Waals surface area (Å²) in [5.74, 6) is 6.00. The molecule has 2 unspecified atom stereocenters. The largest absolute Gasteiger partial charge is 0.395 e. The second-order valence-electron chi connectivity index (χ2n) is 10.3. The Balaban J connectivity index is 1.89. The highest BCUT2D eigenvalue weighted by molar-refractivity contribution is 6.30. The van der Waals surface area contributed by atoms with E-state index in [2.05, 4.69) is 22.9 Å². The number of halogens is 1. The molecule has 1 aliphatic rings. The third kappa shape index (κ3) is 9.36. The van der Waals surface area contributed by atoms with Crippen LogP contribution in [0.3, 0.4) is 0 Å². The molecule has 1 heterocycles. The first-order valence-corrected chi connectivity index (χ1v) is 13.2. The van der Waals surface area contributed by atoms with Crippen molar-refractivity contribution in [2.75, 3.05) is 32.8 Å². The van der Waals surface area contributed by atoms with E-state index < -0.39 is 5.41 Å². The molecule has 2 atom stereocenters. The van der Waals surface area contributed by atoms with Crippen LogP contribution in [0.1, 0.15) is 52.0 Å². The number of aliphatic hydroxyl groups excluding tert-OH is 1. The normalized spacial score (nSPS) is 17.3. The van der Waals surface area contributed by atoms with E-state index in [4.69, 9.17) is 17.4 Å². The smallest absolute Gasteiger partial charge is 0.237 e. The van der Waals surface area contributed by atoms with Gasteiger partial charge < -0.3 is 10.4 Å². The fourth-order valence-corrected chi connectivity index (χ4v) is 4.51. The summed E-state index contributed by atoms with van der Waals surface area (Å²) in [5, 5.41) is 14.3. The van der Waals surface area contributed by atoms with Crippen molar-refractivity contribution in [2.24, 2.45) is 17.2 Å². The van der Waals surface area contributed by atoms with Gasteiger partial charge in [0.15, 0.2) is 0 Å². The molecule has 2 rings (SSSR count). The summed E-state index contributed by atoms with van der Waals surface area (Å²) < 4.78 is 0. The number of benzene rings is 1. The van der Waals surface area contributed by atoms with Gasteiger partial charge in [0, 0.05) is 30.6 Å². The molecule has 7 nitrogen and oxygen atoms in total. The van der Waals surface area contributed by atoms with Crippen molar-refractivity contribution in [1.82, 2.24) is 15.2 Å². The lowest BCUT2D eigenvalue weighted by Gasteiger charge is -2.30. The standard InChI is InChI=1S/C28H43ClN4O3/c1-5-6-8-23(21(2)17-22-10-12-24(29)13-11-22)18-26(35)33(30)19-25-9-7-15-32(25)16-14-31-27(36)28(3,4)20-34/h5-6,10-13,23,25,34H,2,7-9,14-20,30H2,1,3-4H3,(H,31,36)/b6-5-. The number of hydrogen-bond donors (Lipinski definition) is 3. The Labute approximate surface area is 221 Å². The van der Waals surface area contributed by atoms with E-state index in [1.54, 1.807) is 13.8 Å². The van der Waals surface area contributed by atoms with Gasteiger partial charge in [-0.15, -0.1) is 0 Å². The monoisotopic (exact) mass is 518 g/mol. The van der Waals surface area contributed by atoms with Gasteiger partial charge in [-0.3, -0.25) is 19.5 Å². The molecule has 0 spiro atoms. The van der Waals surface area contributed by atoms with Crippen molar-refractivity contribution in [2.45, 2.75) is 58.9 Å². The zero-order valence-corrected chi connectivity index (χ0v) is 22.8. The van der Waals surface area contributed by atoms with Crippen LogP contribution in [0.25, 0.3) is 0 Å². The maximum Gasteiger partial charge on any atom is 0.237 e. The molecule has 2 amide bonds. The van der Waals surface area contributed by atoms with Crippen LogP contribution in [0.2, 0.25) is 5.02 Å². The van der Waals surface area contributed by atoms with Crippen molar-refractivity contribution >= 4 is 23.4 Å². The Morgan fingerprint density at radius 3 is 2.69 bits per heavy atom. The van der Waals surface area contributed by atoms with E-state index in [1.165, 1.54) is 5.01 Å². The molecule has 1 fully saturated rings. The summed E-state index contributed by atoms with van der Waals surface area (Å²) in [5.41, 5.74) is 1.32. The van der Waals surface area contributed by atoms with E-state index in [1.807, 2.05) is 37.3 Å². The molecule has 0 radical (unpaired) electrons. The first kappa shape index (κ1) is 30.0. The molecule has 1 aromatic rings. The topological polar surface area (TPSA) is 98.9 Å². The molecule has 1 aliphatic heterocycles. The second-order valence-corrected chi connectivity index (χ2v) is 10.8. The maximum atomic E-state index is 13.1. The first-order chi connectivity index (χ1) is 17.1. The molecule has 0 aliphatic carbocycles. The Morgan fingerprint density at radius 1 is 1.36 bits per heavy atom. The quantitative estimate of drug-likeness (QED) is 0.151. The van der Waals surface area contributed by atoms with Gasteiger partial charge in [-0.25, -0.2) is 5.84 Å². The van der Waals surface area contributed by atoms with Crippen LogP contribution in [0.15, 0.2) is 48.6 Å². The lowest BCUT2D eigenvalue weighted by Crippen LogP contribution is -2.49. The highest BCUT2D eigenvalue weighted by Gasteiger charge is 2.29. The zero-order valence-electron chi connectivity index (χ0n) is 22.0. The SMILES string of the molecule is C=C(Cc1ccc(Cl)cc1)C(C/C=C\C)CC(=O)N(N)CC1CCCN1CCNC(=O)C(C)(C)CO. The van der Waals surface area contributed by atoms with Crippen molar-refractivity contribution < 1.29 is 14.7 Å². The van der Waals surface area contributed by atoms with Crippen LogP contribution < -0.4 is 11.2 Å². The van der Waals surface area contributed by atoms with Crippen molar-refractivity contribution in [3.8, 4) is 0 Å². The van der Waals surface area contributed by atoms with Crippen molar-refractivity contribution in [3.05, 3.63) is 59.2 Å². The van der Waals surface area contributed by atoms with Crippen LogP contribution in [0, 0.1) is 11.3 Å². The summed E-state index contributed by atoms with van der Waals surface area (Å²) in [6.07, 6.45) is 7.79. The summed E-state index contributed by atoms with van der Waals surface area (Å²) >= 11 is 6.00. The number of carbonyl (C=O) groups excluding carboxylic acids is 2. The van der Waals surface area contributed by atoms with E-state index in [9.17, 15) is 14.7 Å². The number of hydrazine groups is 1. The molecular weight excluding hydrogens is 476 g/mol. The number of rotatable bonds is 14. The first-order valence-electron chi connectivity index (χ1n) is 12.8. The molecule has 0 aromatic heterocycles. The summed E-state index contributed by atoms with van der Waals surface area (Å²) in [7, 11) is 0. The number of nitrogens with zero attached hydrogens (tertiary/aromatic N) is 2. The van der Waals surface area contributed by atoms with Crippen LogP contribution in [0.4, 0.5) is 0 Å². The predicted octanol–water partition coefficient (Wildman–Crippen LogP) is 3.71. The molecule has 4 N–H and O–H groups in total. The number of nitrogens with two attached hydrogens (primary N) is 1. The van der Waals surface area contributed by atoms with Crippen molar-refractivity contribution in [1.29, 1.82) is 0 Å². The average molecular weight is 519 g/mol. The van der Waals surface area contributed by atoms with E-state index in [0.29, 0.717) is 37.5 Å². The third-order valence-corrected chi connectivity index (χ3v) is 7.17. The van der Waals surface area contributed by atoms with Crippen molar-refractivity contribution in [3.63, 3.8) is 0 Å². The van der Waals surface area contributed by atoms with Gasteiger partial charge in [-0.2, -0.15) is 0 Å². The van der Waals surface area contributed by atoms with Crippen LogP contribution in [-0.2, 0) is 16.0 Å². The summed E-state index contributed by atoms with van der Waals surface area (Å²) in [4.78, 5) is 27.6. The van der Waals surface area contributed by atoms with Gasteiger partial charge in [0.05, 0.1) is 18.6 Å². The maximum absolute atomic E-state index is 13.1. The predicted molar refractivity (Wildman–Crippen MR) is 146 cm³/mol. The average Bonchev–Trinajstić information content (AvgIpc) is 3.29. The number of hydrogen-bond acceptors (Lipinski definition) is 5. The molecule has 1 saturated heterocycles. The third-order valence-electron chi connectivity index (χ3n) is 6.92.